The molecule has 0 amide bonds. The van der Waals surface area contributed by atoms with Gasteiger partial charge in [0, 0.05) is 63.4 Å². The van der Waals surface area contributed by atoms with Crippen LogP contribution in [0.5, 0.6) is 0 Å². The van der Waals surface area contributed by atoms with Crippen LogP contribution in [0.3, 0.4) is 0 Å². The standard InChI is InChI=1S/C22H29N5.C2H6/c1-17(2)20(18(3)23-4)16-26-12-14-27(15-13-26)22-21(24-10-11-25-22)19-8-6-5-7-9-19;1-2/h5-11H,12-16H2,1-4H3;1-2H3. The number of aromatic nitrogens is 2. The normalized spacial score (nSPS) is 14.8. The molecule has 0 saturated carbocycles. The summed E-state index contributed by atoms with van der Waals surface area (Å²) in [5.74, 6) is 0.983. The van der Waals surface area contributed by atoms with Crippen LogP contribution in [0.15, 0.2) is 58.9 Å². The lowest BCUT2D eigenvalue weighted by atomic mass is 10.1. The van der Waals surface area contributed by atoms with Crippen LogP contribution in [-0.2, 0) is 0 Å². The number of piperazine rings is 1. The first kappa shape index (κ1) is 22.8. The van der Waals surface area contributed by atoms with E-state index in [0.29, 0.717) is 0 Å². The summed E-state index contributed by atoms with van der Waals surface area (Å²) in [6.45, 7) is 15.3. The lowest BCUT2D eigenvalue weighted by Gasteiger charge is -2.36. The second-order valence-electron chi connectivity index (χ2n) is 7.15. The summed E-state index contributed by atoms with van der Waals surface area (Å²) in [5, 5.41) is 0. The lowest BCUT2D eigenvalue weighted by Crippen LogP contribution is -2.47. The highest BCUT2D eigenvalue weighted by Gasteiger charge is 2.22. The number of hydrogen-bond acceptors (Lipinski definition) is 5. The summed E-state index contributed by atoms with van der Waals surface area (Å²) in [5.41, 5.74) is 5.92. The van der Waals surface area contributed by atoms with Crippen molar-refractivity contribution in [3.05, 3.63) is 53.9 Å². The maximum atomic E-state index is 4.65. The van der Waals surface area contributed by atoms with Crippen LogP contribution in [0, 0.1) is 0 Å². The molecule has 0 atom stereocenters. The molecule has 5 nitrogen and oxygen atoms in total. The zero-order valence-electron chi connectivity index (χ0n) is 18.8. The van der Waals surface area contributed by atoms with Crippen LogP contribution in [0.4, 0.5) is 5.82 Å². The molecule has 1 aromatic heterocycles. The van der Waals surface area contributed by atoms with Gasteiger partial charge in [-0.3, -0.25) is 14.9 Å². The Morgan fingerprint density at radius 1 is 0.931 bits per heavy atom. The Hall–Kier alpha value is -2.53. The van der Waals surface area contributed by atoms with E-state index < -0.39 is 0 Å². The number of hydrogen-bond donors (Lipinski definition) is 0. The van der Waals surface area contributed by atoms with Crippen LogP contribution < -0.4 is 4.90 Å². The van der Waals surface area contributed by atoms with Crippen LogP contribution >= 0.6 is 0 Å². The first-order valence-corrected chi connectivity index (χ1v) is 10.5. The second kappa shape index (κ2) is 11.5. The van der Waals surface area contributed by atoms with E-state index in [-0.39, 0.29) is 0 Å². The Kier molecular flexibility index (Phi) is 9.00. The number of nitrogens with zero attached hydrogens (tertiary/aromatic N) is 5. The van der Waals surface area contributed by atoms with Crippen molar-refractivity contribution >= 4 is 11.5 Å². The maximum Gasteiger partial charge on any atom is 0.155 e. The van der Waals surface area contributed by atoms with Gasteiger partial charge in [-0.25, -0.2) is 4.98 Å². The third-order valence-electron chi connectivity index (χ3n) is 5.16. The Labute approximate surface area is 176 Å². The number of anilines is 1. The molecule has 156 valence electrons. The van der Waals surface area contributed by atoms with Crippen LogP contribution in [-0.4, -0.2) is 60.4 Å². The summed E-state index contributed by atoms with van der Waals surface area (Å²) in [6, 6.07) is 10.3. The molecule has 2 aromatic rings. The van der Waals surface area contributed by atoms with Crippen LogP contribution in [0.1, 0.15) is 34.6 Å². The fourth-order valence-corrected chi connectivity index (χ4v) is 3.47. The fraction of sp³-hybridized carbons (Fsp3) is 0.458. The minimum atomic E-state index is 0.955. The SMILES string of the molecule is CC.CN=C(C)C(CN1CCN(c2nccnc2-c2ccccc2)CC1)=C(C)C. The largest absolute Gasteiger partial charge is 0.352 e. The van der Waals surface area contributed by atoms with Crippen molar-refractivity contribution in [2.45, 2.75) is 34.6 Å². The minimum absolute atomic E-state index is 0.955. The van der Waals surface area contributed by atoms with Crippen molar-refractivity contribution in [2.75, 3.05) is 44.7 Å². The van der Waals surface area contributed by atoms with Gasteiger partial charge in [0.05, 0.1) is 0 Å². The Morgan fingerprint density at radius 3 is 2.14 bits per heavy atom. The van der Waals surface area contributed by atoms with Gasteiger partial charge in [0.1, 0.15) is 5.69 Å². The molecule has 5 heteroatoms. The summed E-state index contributed by atoms with van der Waals surface area (Å²) >= 11 is 0. The summed E-state index contributed by atoms with van der Waals surface area (Å²) < 4.78 is 0. The molecular formula is C24H35N5. The predicted octanol–water partition coefficient (Wildman–Crippen LogP) is 4.72. The smallest absolute Gasteiger partial charge is 0.155 e. The van der Waals surface area contributed by atoms with E-state index in [2.05, 4.69) is 57.7 Å². The molecule has 1 fully saturated rings. The van der Waals surface area contributed by atoms with Crippen LogP contribution in [0.25, 0.3) is 11.3 Å². The highest BCUT2D eigenvalue weighted by Crippen LogP contribution is 2.27. The molecule has 2 heterocycles. The van der Waals surface area contributed by atoms with Crippen molar-refractivity contribution in [1.82, 2.24) is 14.9 Å². The zero-order valence-corrected chi connectivity index (χ0v) is 18.8. The van der Waals surface area contributed by atoms with E-state index in [1.54, 1.807) is 12.4 Å². The molecule has 0 bridgehead atoms. The molecule has 0 spiro atoms. The van der Waals surface area contributed by atoms with Gasteiger partial charge >= 0.3 is 0 Å². The van der Waals surface area contributed by atoms with Crippen LogP contribution in [0.2, 0.25) is 0 Å². The van der Waals surface area contributed by atoms with Gasteiger partial charge in [-0.2, -0.15) is 0 Å². The van der Waals surface area contributed by atoms with Gasteiger partial charge in [0.25, 0.3) is 0 Å². The number of aliphatic imine (C=N–C) groups is 1. The van der Waals surface area contributed by atoms with E-state index in [4.69, 9.17) is 0 Å². The molecule has 0 radical (unpaired) electrons. The zero-order chi connectivity index (χ0) is 21.2. The van der Waals surface area contributed by atoms with Crippen molar-refractivity contribution in [3.8, 4) is 11.3 Å². The maximum absolute atomic E-state index is 4.65. The van der Waals surface area contributed by atoms with Crippen molar-refractivity contribution in [2.24, 2.45) is 4.99 Å². The van der Waals surface area contributed by atoms with Crippen molar-refractivity contribution < 1.29 is 0 Å². The lowest BCUT2D eigenvalue weighted by molar-refractivity contribution is 0.280. The Bertz CT molecular complexity index is 814. The molecule has 0 N–H and O–H groups in total. The van der Waals surface area contributed by atoms with Gasteiger partial charge in [-0.05, 0) is 26.3 Å². The molecule has 1 aliphatic rings. The highest BCUT2D eigenvalue weighted by atomic mass is 15.3. The van der Waals surface area contributed by atoms with Crippen molar-refractivity contribution in [1.29, 1.82) is 0 Å². The first-order valence-electron chi connectivity index (χ1n) is 10.5. The first-order chi connectivity index (χ1) is 14.1. The van der Waals surface area contributed by atoms with Gasteiger partial charge in [0.2, 0.25) is 0 Å². The third-order valence-corrected chi connectivity index (χ3v) is 5.16. The third kappa shape index (κ3) is 5.97. The van der Waals surface area contributed by atoms with Gasteiger partial charge < -0.3 is 4.90 Å². The second-order valence-corrected chi connectivity index (χ2v) is 7.15. The Balaban J connectivity index is 0.00000145. The summed E-state index contributed by atoms with van der Waals surface area (Å²) in [4.78, 5) is 18.5. The number of allylic oxidation sites excluding steroid dienone is 1. The molecule has 1 aromatic carbocycles. The van der Waals surface area contributed by atoms with E-state index in [1.807, 2.05) is 39.1 Å². The quantitative estimate of drug-likeness (QED) is 0.690. The highest BCUT2D eigenvalue weighted by molar-refractivity contribution is 5.99. The summed E-state index contributed by atoms with van der Waals surface area (Å²) in [6.07, 6.45) is 3.56. The van der Waals surface area contributed by atoms with E-state index >= 15 is 0 Å². The van der Waals surface area contributed by atoms with E-state index in [9.17, 15) is 0 Å². The number of benzene rings is 1. The fourth-order valence-electron chi connectivity index (χ4n) is 3.47. The topological polar surface area (TPSA) is 44.6 Å². The van der Waals surface area contributed by atoms with E-state index in [0.717, 1.165) is 55.5 Å². The minimum Gasteiger partial charge on any atom is -0.352 e. The summed E-state index contributed by atoms with van der Waals surface area (Å²) in [7, 11) is 1.87. The van der Waals surface area contributed by atoms with Gasteiger partial charge in [-0.1, -0.05) is 49.8 Å². The molecule has 0 unspecified atom stereocenters. The van der Waals surface area contributed by atoms with Gasteiger partial charge in [-0.15, -0.1) is 0 Å². The van der Waals surface area contributed by atoms with Gasteiger partial charge in [0.15, 0.2) is 5.82 Å². The molecule has 1 aliphatic heterocycles. The van der Waals surface area contributed by atoms with E-state index in [1.165, 1.54) is 11.1 Å². The van der Waals surface area contributed by atoms with Crippen molar-refractivity contribution in [3.63, 3.8) is 0 Å². The molecule has 1 saturated heterocycles. The average molecular weight is 394 g/mol. The Morgan fingerprint density at radius 2 is 1.55 bits per heavy atom. The predicted molar refractivity (Wildman–Crippen MR) is 125 cm³/mol. The monoisotopic (exact) mass is 393 g/mol. The number of rotatable bonds is 5. The molecule has 0 aliphatic carbocycles. The molecule has 3 rings (SSSR count). The molecular weight excluding hydrogens is 358 g/mol. The molecule has 29 heavy (non-hydrogen) atoms. The average Bonchev–Trinajstić information content (AvgIpc) is 2.79.